The number of halogens is 1. The monoisotopic (exact) mass is 185 g/mol. The second-order valence-corrected chi connectivity index (χ2v) is 3.44. The number of ether oxygens (including phenoxy) is 1. The first-order valence-corrected chi connectivity index (χ1v) is 4.68. The molecule has 1 heterocycles. The summed E-state index contributed by atoms with van der Waals surface area (Å²) in [6.45, 7) is 3.63. The van der Waals surface area contributed by atoms with E-state index in [0.29, 0.717) is 6.42 Å². The van der Waals surface area contributed by atoms with Gasteiger partial charge in [-0.25, -0.2) is 0 Å². The van der Waals surface area contributed by atoms with Crippen molar-refractivity contribution in [2.45, 2.75) is 32.8 Å². The van der Waals surface area contributed by atoms with Gasteiger partial charge in [0.2, 0.25) is 0 Å². The molecule has 1 unspecified atom stereocenters. The van der Waals surface area contributed by atoms with Crippen molar-refractivity contribution in [3.05, 3.63) is 12.0 Å². The minimum Gasteiger partial charge on any atom is -0.493 e. The Balaban J connectivity index is 2.54. The lowest BCUT2D eigenvalue weighted by atomic mass is 9.99. The van der Waals surface area contributed by atoms with Gasteiger partial charge in [-0.2, -0.15) is 0 Å². The minimum absolute atomic E-state index is 0.140. The SMILES string of the molecule is CC(C)OC1=CN=CCC1CCF. The van der Waals surface area contributed by atoms with E-state index >= 15 is 0 Å². The highest BCUT2D eigenvalue weighted by molar-refractivity contribution is 5.60. The van der Waals surface area contributed by atoms with Crippen LogP contribution in [0.15, 0.2) is 17.0 Å². The number of hydrogen-bond donors (Lipinski definition) is 0. The molecule has 0 aromatic heterocycles. The molecule has 0 spiro atoms. The normalized spacial score (nSPS) is 21.8. The molecule has 1 rings (SSSR count). The van der Waals surface area contributed by atoms with E-state index in [1.54, 1.807) is 6.20 Å². The summed E-state index contributed by atoms with van der Waals surface area (Å²) in [6.07, 6.45) is 4.98. The van der Waals surface area contributed by atoms with E-state index < -0.39 is 0 Å². The molecule has 0 aromatic rings. The van der Waals surface area contributed by atoms with Crippen LogP contribution < -0.4 is 0 Å². The first-order chi connectivity index (χ1) is 6.24. The average Bonchev–Trinajstić information content (AvgIpc) is 2.08. The van der Waals surface area contributed by atoms with Gasteiger partial charge in [0.25, 0.3) is 0 Å². The maximum atomic E-state index is 12.2. The van der Waals surface area contributed by atoms with Crippen molar-refractivity contribution in [1.82, 2.24) is 0 Å². The molecule has 0 amide bonds. The Bertz CT molecular complexity index is 211. The highest BCUT2D eigenvalue weighted by Gasteiger charge is 2.18. The maximum absolute atomic E-state index is 12.2. The molecule has 0 saturated carbocycles. The van der Waals surface area contributed by atoms with Crippen LogP contribution in [0.5, 0.6) is 0 Å². The van der Waals surface area contributed by atoms with Gasteiger partial charge in [-0.3, -0.25) is 9.38 Å². The highest BCUT2D eigenvalue weighted by atomic mass is 19.1. The van der Waals surface area contributed by atoms with Crippen LogP contribution in [-0.4, -0.2) is 19.0 Å². The van der Waals surface area contributed by atoms with Gasteiger partial charge in [-0.15, -0.1) is 0 Å². The lowest BCUT2D eigenvalue weighted by molar-refractivity contribution is 0.115. The van der Waals surface area contributed by atoms with Crippen LogP contribution in [0.2, 0.25) is 0 Å². The third-order valence-electron chi connectivity index (χ3n) is 1.93. The van der Waals surface area contributed by atoms with E-state index in [2.05, 4.69) is 4.99 Å². The second-order valence-electron chi connectivity index (χ2n) is 3.44. The van der Waals surface area contributed by atoms with Crippen LogP contribution in [0.4, 0.5) is 4.39 Å². The first kappa shape index (κ1) is 10.2. The molecule has 2 nitrogen and oxygen atoms in total. The molecule has 1 aliphatic rings. The molecular formula is C10H16FNO. The third-order valence-corrected chi connectivity index (χ3v) is 1.93. The summed E-state index contributed by atoms with van der Waals surface area (Å²) >= 11 is 0. The van der Waals surface area contributed by atoms with Crippen molar-refractivity contribution in [3.8, 4) is 0 Å². The molecule has 1 atom stereocenters. The molecule has 13 heavy (non-hydrogen) atoms. The van der Waals surface area contributed by atoms with Crippen LogP contribution in [0.3, 0.4) is 0 Å². The number of nitrogens with zero attached hydrogens (tertiary/aromatic N) is 1. The molecule has 0 fully saturated rings. The molecule has 1 aliphatic heterocycles. The lowest BCUT2D eigenvalue weighted by Gasteiger charge is -2.22. The zero-order valence-electron chi connectivity index (χ0n) is 8.16. The molecule has 0 bridgehead atoms. The lowest BCUT2D eigenvalue weighted by Crippen LogP contribution is -2.15. The van der Waals surface area contributed by atoms with Gasteiger partial charge >= 0.3 is 0 Å². The Labute approximate surface area is 78.5 Å². The second kappa shape index (κ2) is 5.00. The minimum atomic E-state index is -0.294. The van der Waals surface area contributed by atoms with Crippen molar-refractivity contribution < 1.29 is 9.13 Å². The number of hydrogen-bond acceptors (Lipinski definition) is 2. The fraction of sp³-hybridized carbons (Fsp3) is 0.700. The Morgan fingerprint density at radius 3 is 3.08 bits per heavy atom. The summed E-state index contributed by atoms with van der Waals surface area (Å²) < 4.78 is 17.7. The number of allylic oxidation sites excluding steroid dienone is 1. The third kappa shape index (κ3) is 3.17. The fourth-order valence-corrected chi connectivity index (χ4v) is 1.33. The number of rotatable bonds is 4. The van der Waals surface area contributed by atoms with E-state index in [1.807, 2.05) is 20.1 Å². The van der Waals surface area contributed by atoms with E-state index in [-0.39, 0.29) is 18.7 Å². The Kier molecular flexibility index (Phi) is 3.93. The van der Waals surface area contributed by atoms with Gasteiger partial charge in [0.05, 0.1) is 19.0 Å². The van der Waals surface area contributed by atoms with Crippen LogP contribution in [0.1, 0.15) is 26.7 Å². The van der Waals surface area contributed by atoms with Crippen molar-refractivity contribution in [2.75, 3.05) is 6.67 Å². The summed E-state index contributed by atoms with van der Waals surface area (Å²) in [5.41, 5.74) is 0. The number of aliphatic imine (C=N–C) groups is 1. The molecule has 3 heteroatoms. The molecule has 0 saturated heterocycles. The summed E-state index contributed by atoms with van der Waals surface area (Å²) in [5.74, 6) is 1.01. The topological polar surface area (TPSA) is 21.6 Å². The Morgan fingerprint density at radius 1 is 1.69 bits per heavy atom. The molecule has 0 aromatic carbocycles. The van der Waals surface area contributed by atoms with Crippen LogP contribution >= 0.6 is 0 Å². The standard InChI is InChI=1S/C10H16FNO/c1-8(2)13-10-7-12-6-4-9(10)3-5-11/h6-9H,3-5H2,1-2H3. The summed E-state index contributed by atoms with van der Waals surface area (Å²) in [7, 11) is 0. The van der Waals surface area contributed by atoms with Crippen molar-refractivity contribution in [2.24, 2.45) is 10.9 Å². The van der Waals surface area contributed by atoms with Gasteiger partial charge in [-0.05, 0) is 26.7 Å². The van der Waals surface area contributed by atoms with Crippen molar-refractivity contribution in [3.63, 3.8) is 0 Å². The highest BCUT2D eigenvalue weighted by Crippen LogP contribution is 2.23. The quantitative estimate of drug-likeness (QED) is 0.660. The van der Waals surface area contributed by atoms with Gasteiger partial charge in [-0.1, -0.05) is 0 Å². The molecule has 0 N–H and O–H groups in total. The first-order valence-electron chi connectivity index (χ1n) is 4.68. The Hall–Kier alpha value is -0.860. The fourth-order valence-electron chi connectivity index (χ4n) is 1.33. The predicted molar refractivity (Wildman–Crippen MR) is 51.5 cm³/mol. The number of alkyl halides is 1. The van der Waals surface area contributed by atoms with E-state index in [1.165, 1.54) is 0 Å². The van der Waals surface area contributed by atoms with Crippen molar-refractivity contribution >= 4 is 6.21 Å². The van der Waals surface area contributed by atoms with E-state index in [9.17, 15) is 4.39 Å². The zero-order chi connectivity index (χ0) is 9.68. The smallest absolute Gasteiger partial charge is 0.118 e. The molecule has 0 aliphatic carbocycles. The van der Waals surface area contributed by atoms with Crippen LogP contribution in [0.25, 0.3) is 0 Å². The molecule has 74 valence electrons. The summed E-state index contributed by atoms with van der Waals surface area (Å²) in [5, 5.41) is 0. The summed E-state index contributed by atoms with van der Waals surface area (Å²) in [4.78, 5) is 4.01. The largest absolute Gasteiger partial charge is 0.493 e. The van der Waals surface area contributed by atoms with Gasteiger partial charge in [0, 0.05) is 12.1 Å². The molecule has 0 radical (unpaired) electrons. The predicted octanol–water partition coefficient (Wildman–Crippen LogP) is 2.70. The summed E-state index contributed by atoms with van der Waals surface area (Å²) in [6, 6.07) is 0. The van der Waals surface area contributed by atoms with Gasteiger partial charge in [0.1, 0.15) is 5.76 Å². The Morgan fingerprint density at radius 2 is 2.46 bits per heavy atom. The van der Waals surface area contributed by atoms with Crippen molar-refractivity contribution in [1.29, 1.82) is 0 Å². The zero-order valence-corrected chi connectivity index (χ0v) is 8.16. The van der Waals surface area contributed by atoms with Crippen LogP contribution in [0, 0.1) is 5.92 Å². The average molecular weight is 185 g/mol. The van der Waals surface area contributed by atoms with E-state index in [0.717, 1.165) is 12.2 Å². The van der Waals surface area contributed by atoms with E-state index in [4.69, 9.17) is 4.74 Å². The maximum Gasteiger partial charge on any atom is 0.118 e. The van der Waals surface area contributed by atoms with Gasteiger partial charge < -0.3 is 4.74 Å². The molecular weight excluding hydrogens is 169 g/mol. The van der Waals surface area contributed by atoms with Gasteiger partial charge in [0.15, 0.2) is 0 Å². The van der Waals surface area contributed by atoms with Crippen LogP contribution in [-0.2, 0) is 4.74 Å².